The lowest BCUT2D eigenvalue weighted by atomic mass is 10.2. The quantitative estimate of drug-likeness (QED) is 0.239. The van der Waals surface area contributed by atoms with E-state index >= 15 is 0 Å². The zero-order valence-corrected chi connectivity index (χ0v) is 18.9. The van der Waals surface area contributed by atoms with Crippen molar-refractivity contribution >= 4 is 34.5 Å². The Hall–Kier alpha value is -4.19. The molecule has 2 aromatic carbocycles. The molecule has 1 aliphatic carbocycles. The fourth-order valence-corrected chi connectivity index (χ4v) is 3.71. The van der Waals surface area contributed by atoms with Crippen molar-refractivity contribution < 1.29 is 27.6 Å². The molecule has 0 saturated heterocycles. The van der Waals surface area contributed by atoms with E-state index in [-0.39, 0.29) is 39.9 Å². The van der Waals surface area contributed by atoms with Crippen molar-refractivity contribution in [1.29, 1.82) is 0 Å². The second-order valence-corrected chi connectivity index (χ2v) is 8.55. The van der Waals surface area contributed by atoms with E-state index in [9.17, 15) is 28.1 Å². The summed E-state index contributed by atoms with van der Waals surface area (Å²) in [7, 11) is 0. The van der Waals surface area contributed by atoms with Gasteiger partial charge in [-0.25, -0.2) is 9.50 Å². The second-order valence-electron chi connectivity index (χ2n) is 8.11. The van der Waals surface area contributed by atoms with Crippen molar-refractivity contribution in [2.45, 2.75) is 24.9 Å². The summed E-state index contributed by atoms with van der Waals surface area (Å²) >= 11 is 5.85. The summed E-state index contributed by atoms with van der Waals surface area (Å²) in [6.45, 7) is 0. The third-order valence-corrected chi connectivity index (χ3v) is 5.68. The average molecular weight is 518 g/mol. The van der Waals surface area contributed by atoms with Gasteiger partial charge >= 0.3 is 6.18 Å². The minimum absolute atomic E-state index is 0.00749. The summed E-state index contributed by atoms with van der Waals surface area (Å²) in [6, 6.07) is 10.8. The van der Waals surface area contributed by atoms with Crippen molar-refractivity contribution in [2.24, 2.45) is 0 Å². The monoisotopic (exact) mass is 517 g/mol. The summed E-state index contributed by atoms with van der Waals surface area (Å²) in [5, 5.41) is 18.1. The Balaban J connectivity index is 1.49. The Morgan fingerprint density at radius 3 is 2.50 bits per heavy atom. The number of benzene rings is 2. The van der Waals surface area contributed by atoms with Crippen LogP contribution in [0.5, 0.6) is 11.5 Å². The molecule has 1 N–H and O–H groups in total. The van der Waals surface area contributed by atoms with Gasteiger partial charge in [0.2, 0.25) is 0 Å². The molecule has 0 atom stereocenters. The van der Waals surface area contributed by atoms with Crippen molar-refractivity contribution in [2.75, 3.05) is 5.32 Å². The van der Waals surface area contributed by atoms with Crippen molar-refractivity contribution in [3.8, 4) is 11.5 Å². The average Bonchev–Trinajstić information content (AvgIpc) is 3.58. The number of hydrogen-bond acceptors (Lipinski definition) is 6. The molecule has 2 heterocycles. The van der Waals surface area contributed by atoms with E-state index in [1.807, 2.05) is 0 Å². The van der Waals surface area contributed by atoms with Crippen LogP contribution in [-0.2, 0) is 6.18 Å². The first kappa shape index (κ1) is 23.5. The lowest BCUT2D eigenvalue weighted by molar-refractivity contribution is -0.384. The Labute approximate surface area is 205 Å². The molecular weight excluding hydrogens is 503 g/mol. The highest BCUT2D eigenvalue weighted by Crippen LogP contribution is 2.41. The molecule has 1 amide bonds. The third-order valence-electron chi connectivity index (χ3n) is 5.43. The lowest BCUT2D eigenvalue weighted by Crippen LogP contribution is -2.16. The topological polar surface area (TPSA) is 112 Å². The number of non-ortho nitro benzene ring substituents is 1. The Morgan fingerprint density at radius 2 is 1.86 bits per heavy atom. The molecule has 1 aliphatic rings. The molecule has 1 saturated carbocycles. The van der Waals surface area contributed by atoms with Crippen LogP contribution >= 0.6 is 11.6 Å². The first-order valence-corrected chi connectivity index (χ1v) is 11.0. The minimum atomic E-state index is -4.71. The molecule has 5 rings (SSSR count). The third kappa shape index (κ3) is 4.80. The number of nitrogens with zero attached hydrogens (tertiary/aromatic N) is 4. The number of alkyl halides is 3. The minimum Gasteiger partial charge on any atom is -0.457 e. The Morgan fingerprint density at radius 1 is 1.14 bits per heavy atom. The number of rotatable bonds is 6. The molecule has 36 heavy (non-hydrogen) atoms. The van der Waals surface area contributed by atoms with Crippen molar-refractivity contribution in [3.63, 3.8) is 0 Å². The van der Waals surface area contributed by atoms with Crippen LogP contribution in [-0.4, -0.2) is 25.4 Å². The number of aromatic nitrogens is 3. The van der Waals surface area contributed by atoms with E-state index in [1.54, 1.807) is 24.3 Å². The van der Waals surface area contributed by atoms with Gasteiger partial charge < -0.3 is 10.1 Å². The number of nitrogens with one attached hydrogen (secondary N) is 1. The van der Waals surface area contributed by atoms with Gasteiger partial charge in [-0.3, -0.25) is 14.9 Å². The first-order valence-electron chi connectivity index (χ1n) is 10.6. The van der Waals surface area contributed by atoms with Gasteiger partial charge in [0.15, 0.2) is 5.65 Å². The van der Waals surface area contributed by atoms with Crippen LogP contribution in [0.2, 0.25) is 5.02 Å². The van der Waals surface area contributed by atoms with Crippen molar-refractivity contribution in [3.05, 3.63) is 86.8 Å². The maximum Gasteiger partial charge on any atom is 0.433 e. The molecule has 13 heteroatoms. The molecule has 9 nitrogen and oxygen atoms in total. The van der Waals surface area contributed by atoms with Gasteiger partial charge in [0.1, 0.15) is 22.8 Å². The predicted octanol–water partition coefficient (Wildman–Crippen LogP) is 6.23. The van der Waals surface area contributed by atoms with Crippen LogP contribution in [0.3, 0.4) is 0 Å². The van der Waals surface area contributed by atoms with Crippen molar-refractivity contribution in [1.82, 2.24) is 14.6 Å². The van der Waals surface area contributed by atoms with Crippen LogP contribution in [0.4, 0.5) is 24.5 Å². The van der Waals surface area contributed by atoms with Crippen LogP contribution < -0.4 is 10.1 Å². The Kier molecular flexibility index (Phi) is 5.75. The summed E-state index contributed by atoms with van der Waals surface area (Å²) in [6.07, 6.45) is -2.31. The fraction of sp³-hybridized carbons (Fsp3) is 0.174. The lowest BCUT2D eigenvalue weighted by Gasteiger charge is -2.11. The van der Waals surface area contributed by atoms with Crippen LogP contribution in [0.15, 0.2) is 54.7 Å². The summed E-state index contributed by atoms with van der Waals surface area (Å²) in [4.78, 5) is 28.0. The number of hydrogen-bond donors (Lipinski definition) is 1. The molecule has 0 aliphatic heterocycles. The molecule has 1 fully saturated rings. The molecule has 0 spiro atoms. The molecule has 4 aromatic rings. The second kappa shape index (κ2) is 8.79. The number of halogens is 4. The molecule has 0 unspecified atom stereocenters. The zero-order chi connectivity index (χ0) is 25.6. The number of nitro groups is 1. The summed E-state index contributed by atoms with van der Waals surface area (Å²) < 4.78 is 47.1. The van der Waals surface area contributed by atoms with Crippen LogP contribution in [0.1, 0.15) is 40.5 Å². The number of anilines is 1. The Bertz CT molecular complexity index is 1500. The number of carbonyl (C=O) groups excluding carboxylic acids is 1. The highest BCUT2D eigenvalue weighted by Gasteiger charge is 2.38. The molecular formula is C23H15ClF3N5O4. The van der Waals surface area contributed by atoms with Gasteiger partial charge in [-0.05, 0) is 43.2 Å². The summed E-state index contributed by atoms with van der Waals surface area (Å²) in [5.74, 6) is -0.547. The van der Waals surface area contributed by atoms with E-state index < -0.39 is 22.7 Å². The molecule has 0 bridgehead atoms. The van der Waals surface area contributed by atoms with E-state index in [2.05, 4.69) is 15.4 Å². The summed E-state index contributed by atoms with van der Waals surface area (Å²) in [5.41, 5.74) is -1.65. The number of nitro benzene ring substituents is 1. The largest absolute Gasteiger partial charge is 0.457 e. The first-order chi connectivity index (χ1) is 17.1. The highest BCUT2D eigenvalue weighted by atomic mass is 35.5. The molecule has 2 aromatic heterocycles. The van der Waals surface area contributed by atoms with Crippen LogP contribution in [0, 0.1) is 10.1 Å². The normalized spacial score (nSPS) is 13.6. The van der Waals surface area contributed by atoms with Gasteiger partial charge in [-0.1, -0.05) is 11.6 Å². The SMILES string of the molecule is O=C(Nc1cc(Oc2ccc(Cl)cc2)cc([N+](=O)[O-])c1)c1cnn2c(C(F)(F)F)cc(C3CC3)nc12. The maximum absolute atomic E-state index is 13.6. The molecule has 184 valence electrons. The van der Waals surface area contributed by atoms with E-state index in [0.717, 1.165) is 18.3 Å². The number of fused-ring (bicyclic) bond motifs is 1. The number of amides is 1. The standard InChI is InChI=1S/C23H15ClF3N5O4/c24-13-3-5-16(6-4-13)36-17-8-14(7-15(9-17)32(34)35)29-22(33)18-11-28-31-20(23(25,26)27)10-19(12-1-2-12)30-21(18)31/h3-12H,1-2H2,(H,29,33). The van der Waals surface area contributed by atoms with Gasteiger partial charge in [-0.15, -0.1) is 0 Å². The van der Waals surface area contributed by atoms with E-state index in [1.165, 1.54) is 12.1 Å². The predicted molar refractivity (Wildman–Crippen MR) is 123 cm³/mol. The zero-order valence-electron chi connectivity index (χ0n) is 18.1. The van der Waals surface area contributed by atoms with Crippen LogP contribution in [0.25, 0.3) is 5.65 Å². The van der Waals surface area contributed by atoms with Gasteiger partial charge in [-0.2, -0.15) is 18.3 Å². The fourth-order valence-electron chi connectivity index (χ4n) is 3.59. The van der Waals surface area contributed by atoms with Gasteiger partial charge in [0.25, 0.3) is 11.6 Å². The van der Waals surface area contributed by atoms with E-state index in [0.29, 0.717) is 28.1 Å². The smallest absolute Gasteiger partial charge is 0.433 e. The van der Waals surface area contributed by atoms with Gasteiger partial charge in [0.05, 0.1) is 22.9 Å². The highest BCUT2D eigenvalue weighted by molar-refractivity contribution is 6.30. The number of carbonyl (C=O) groups is 1. The number of ether oxygens (including phenoxy) is 1. The maximum atomic E-state index is 13.6. The van der Waals surface area contributed by atoms with Gasteiger partial charge in [0, 0.05) is 28.8 Å². The van der Waals surface area contributed by atoms with E-state index in [4.69, 9.17) is 16.3 Å². The molecule has 0 radical (unpaired) electrons.